The molecular formula is C23H34N4O3. The zero-order valence-electron chi connectivity index (χ0n) is 17.7. The lowest BCUT2D eigenvalue weighted by atomic mass is 10.1. The monoisotopic (exact) mass is 414 g/mol. The average molecular weight is 415 g/mol. The summed E-state index contributed by atoms with van der Waals surface area (Å²) in [6, 6.07) is 10.1. The van der Waals surface area contributed by atoms with Crippen LogP contribution in [0.5, 0.6) is 0 Å². The van der Waals surface area contributed by atoms with Crippen LogP contribution < -0.4 is 11.1 Å². The van der Waals surface area contributed by atoms with Gasteiger partial charge in [0.1, 0.15) is 6.04 Å². The Balaban J connectivity index is 1.50. The molecule has 0 bridgehead atoms. The van der Waals surface area contributed by atoms with Gasteiger partial charge in [0.05, 0.1) is 6.10 Å². The van der Waals surface area contributed by atoms with Crippen molar-refractivity contribution < 1.29 is 14.3 Å². The first-order chi connectivity index (χ1) is 14.7. The number of carbonyl (C=O) groups is 2. The van der Waals surface area contributed by atoms with Gasteiger partial charge in [-0.2, -0.15) is 0 Å². The van der Waals surface area contributed by atoms with Crippen LogP contribution in [0.3, 0.4) is 0 Å². The lowest BCUT2D eigenvalue weighted by Gasteiger charge is -2.31. The summed E-state index contributed by atoms with van der Waals surface area (Å²) in [7, 11) is 0. The van der Waals surface area contributed by atoms with E-state index >= 15 is 0 Å². The van der Waals surface area contributed by atoms with E-state index < -0.39 is 6.04 Å². The lowest BCUT2D eigenvalue weighted by Crippen LogP contribution is -2.47. The van der Waals surface area contributed by atoms with Gasteiger partial charge in [-0.15, -0.1) is 0 Å². The molecule has 1 aromatic rings. The maximum atomic E-state index is 12.9. The molecule has 1 aliphatic carbocycles. The van der Waals surface area contributed by atoms with Crippen molar-refractivity contribution in [3.8, 4) is 0 Å². The molecule has 1 aromatic carbocycles. The van der Waals surface area contributed by atoms with Crippen LogP contribution in [0.25, 0.3) is 0 Å². The van der Waals surface area contributed by atoms with E-state index in [1.54, 1.807) is 0 Å². The minimum absolute atomic E-state index is 0.0753. The Morgan fingerprint density at radius 2 is 2.00 bits per heavy atom. The van der Waals surface area contributed by atoms with E-state index in [0.717, 1.165) is 45.4 Å². The quantitative estimate of drug-likeness (QED) is 0.632. The molecule has 3 unspecified atom stereocenters. The summed E-state index contributed by atoms with van der Waals surface area (Å²) in [5.41, 5.74) is 6.81. The highest BCUT2D eigenvalue weighted by Gasteiger charge is 2.45. The first kappa shape index (κ1) is 21.3. The van der Waals surface area contributed by atoms with Crippen LogP contribution >= 0.6 is 0 Å². The van der Waals surface area contributed by atoms with E-state index in [4.69, 9.17) is 10.5 Å². The molecule has 7 nitrogen and oxygen atoms in total. The Bertz CT molecular complexity index is 718. The van der Waals surface area contributed by atoms with Crippen molar-refractivity contribution in [2.75, 3.05) is 32.8 Å². The molecule has 164 valence electrons. The van der Waals surface area contributed by atoms with E-state index in [0.29, 0.717) is 26.1 Å². The van der Waals surface area contributed by atoms with Crippen LogP contribution in [0.15, 0.2) is 30.3 Å². The molecule has 7 heteroatoms. The number of hydrogen-bond donors (Lipinski definition) is 2. The molecule has 3 N–H and O–H groups in total. The number of ether oxygens (including phenoxy) is 1. The minimum Gasteiger partial charge on any atom is -0.377 e. The molecule has 3 fully saturated rings. The highest BCUT2D eigenvalue weighted by Crippen LogP contribution is 2.35. The first-order valence-corrected chi connectivity index (χ1v) is 11.3. The highest BCUT2D eigenvalue weighted by molar-refractivity contribution is 5.90. The zero-order valence-corrected chi connectivity index (χ0v) is 17.7. The molecule has 0 aromatic heterocycles. The Kier molecular flexibility index (Phi) is 7.02. The molecule has 2 saturated heterocycles. The van der Waals surface area contributed by atoms with Gasteiger partial charge in [0.25, 0.3) is 0 Å². The minimum atomic E-state index is -0.405. The van der Waals surface area contributed by atoms with Crippen molar-refractivity contribution in [1.82, 2.24) is 15.1 Å². The molecule has 0 spiro atoms. The number of likely N-dealkylation sites (tertiary alicyclic amines) is 1. The number of nitrogens with one attached hydrogen (secondary N) is 1. The largest absolute Gasteiger partial charge is 0.377 e. The second-order valence-corrected chi connectivity index (χ2v) is 8.80. The molecule has 1 saturated carbocycles. The van der Waals surface area contributed by atoms with Crippen molar-refractivity contribution in [1.29, 1.82) is 0 Å². The summed E-state index contributed by atoms with van der Waals surface area (Å²) in [5.74, 6) is 0.171. The molecule has 3 aliphatic rings. The maximum Gasteiger partial charge on any atom is 0.242 e. The Labute approximate surface area is 178 Å². The predicted molar refractivity (Wildman–Crippen MR) is 115 cm³/mol. The zero-order chi connectivity index (χ0) is 20.9. The Hall–Kier alpha value is -1.96. The van der Waals surface area contributed by atoms with Gasteiger partial charge in [-0.25, -0.2) is 0 Å². The average Bonchev–Trinajstić information content (AvgIpc) is 3.30. The second kappa shape index (κ2) is 9.90. The molecule has 2 aliphatic heterocycles. The number of rotatable bonds is 9. The van der Waals surface area contributed by atoms with Crippen molar-refractivity contribution in [3.05, 3.63) is 35.9 Å². The number of hydrogen-bond acceptors (Lipinski definition) is 5. The van der Waals surface area contributed by atoms with Crippen LogP contribution in [0.1, 0.15) is 37.7 Å². The molecule has 0 radical (unpaired) electrons. The van der Waals surface area contributed by atoms with Crippen molar-refractivity contribution in [3.63, 3.8) is 0 Å². The summed E-state index contributed by atoms with van der Waals surface area (Å²) < 4.78 is 5.92. The summed E-state index contributed by atoms with van der Waals surface area (Å²) >= 11 is 0. The fourth-order valence-electron chi connectivity index (χ4n) is 4.66. The SMILES string of the molecule is NCCNC(=O)C1CC(N(Cc2ccccc2)CC2CCCO2)CN1C(=O)C1CC1. The Morgan fingerprint density at radius 1 is 1.20 bits per heavy atom. The number of carbonyl (C=O) groups excluding carboxylic acids is 2. The molecule has 3 atom stereocenters. The standard InChI is InChI=1S/C23H34N4O3/c24-10-11-25-22(28)21-13-19(15-27(21)23(29)18-8-9-18)26(16-20-7-4-12-30-20)14-17-5-2-1-3-6-17/h1-3,5-6,18-21H,4,7-16,24H2,(H,25,28). The van der Waals surface area contributed by atoms with Gasteiger partial charge >= 0.3 is 0 Å². The van der Waals surface area contributed by atoms with Gasteiger partial charge in [0.15, 0.2) is 0 Å². The van der Waals surface area contributed by atoms with Crippen molar-refractivity contribution >= 4 is 11.8 Å². The fraction of sp³-hybridized carbons (Fsp3) is 0.652. The van der Waals surface area contributed by atoms with E-state index in [1.807, 2.05) is 11.0 Å². The highest BCUT2D eigenvalue weighted by atomic mass is 16.5. The molecule has 30 heavy (non-hydrogen) atoms. The molecule has 2 amide bonds. The van der Waals surface area contributed by atoms with Crippen molar-refractivity contribution in [2.45, 2.75) is 56.8 Å². The van der Waals surface area contributed by atoms with Gasteiger partial charge < -0.3 is 20.7 Å². The summed E-state index contributed by atoms with van der Waals surface area (Å²) in [5, 5.41) is 2.90. The third kappa shape index (κ3) is 5.20. The van der Waals surface area contributed by atoms with Gasteiger partial charge in [-0.3, -0.25) is 14.5 Å². The van der Waals surface area contributed by atoms with Crippen molar-refractivity contribution in [2.24, 2.45) is 11.7 Å². The number of nitrogens with two attached hydrogens (primary N) is 1. The third-order valence-corrected chi connectivity index (χ3v) is 6.44. The van der Waals surface area contributed by atoms with Gasteiger partial charge in [-0.1, -0.05) is 30.3 Å². The third-order valence-electron chi connectivity index (χ3n) is 6.44. The Morgan fingerprint density at radius 3 is 2.67 bits per heavy atom. The fourth-order valence-corrected chi connectivity index (χ4v) is 4.66. The van der Waals surface area contributed by atoms with E-state index in [-0.39, 0.29) is 29.9 Å². The normalized spacial score (nSPS) is 26.3. The number of amides is 2. The van der Waals surface area contributed by atoms with Crippen LogP contribution in [0.4, 0.5) is 0 Å². The van der Waals surface area contributed by atoms with Crippen LogP contribution in [-0.4, -0.2) is 72.6 Å². The smallest absolute Gasteiger partial charge is 0.242 e. The summed E-state index contributed by atoms with van der Waals surface area (Å²) in [6.07, 6.45) is 4.95. The number of nitrogens with zero attached hydrogens (tertiary/aromatic N) is 2. The molecule has 4 rings (SSSR count). The lowest BCUT2D eigenvalue weighted by molar-refractivity contribution is -0.139. The van der Waals surface area contributed by atoms with Gasteiger partial charge in [-0.05, 0) is 37.7 Å². The summed E-state index contributed by atoms with van der Waals surface area (Å²) in [4.78, 5) is 30.0. The predicted octanol–water partition coefficient (Wildman–Crippen LogP) is 1.12. The topological polar surface area (TPSA) is 87.9 Å². The maximum absolute atomic E-state index is 12.9. The first-order valence-electron chi connectivity index (χ1n) is 11.3. The number of benzene rings is 1. The second-order valence-electron chi connectivity index (χ2n) is 8.80. The van der Waals surface area contributed by atoms with E-state index in [1.165, 1.54) is 5.56 Å². The van der Waals surface area contributed by atoms with Crippen LogP contribution in [0, 0.1) is 5.92 Å². The molecular weight excluding hydrogens is 380 g/mol. The van der Waals surface area contributed by atoms with Crippen LogP contribution in [0.2, 0.25) is 0 Å². The van der Waals surface area contributed by atoms with Gasteiger partial charge in [0, 0.05) is 51.3 Å². The summed E-state index contributed by atoms with van der Waals surface area (Å²) in [6.45, 7) is 3.91. The van der Waals surface area contributed by atoms with Gasteiger partial charge in [0.2, 0.25) is 11.8 Å². The van der Waals surface area contributed by atoms with E-state index in [9.17, 15) is 9.59 Å². The van der Waals surface area contributed by atoms with Crippen LogP contribution in [-0.2, 0) is 20.9 Å². The van der Waals surface area contributed by atoms with E-state index in [2.05, 4.69) is 34.5 Å². The molecule has 2 heterocycles.